The number of benzene rings is 1. The lowest BCUT2D eigenvalue weighted by molar-refractivity contribution is 0.101. The van der Waals surface area contributed by atoms with Crippen molar-refractivity contribution in [3.05, 3.63) is 42.1 Å². The fourth-order valence-electron chi connectivity index (χ4n) is 2.86. The maximum absolute atomic E-state index is 11.8. The molecule has 2 aromatic rings. The molecule has 8 heteroatoms. The van der Waals surface area contributed by atoms with Crippen molar-refractivity contribution in [3.63, 3.8) is 0 Å². The van der Waals surface area contributed by atoms with Crippen molar-refractivity contribution in [3.8, 4) is 0 Å². The van der Waals surface area contributed by atoms with Crippen LogP contribution in [0.25, 0.3) is 0 Å². The third-order valence-corrected chi connectivity index (χ3v) is 4.30. The second-order valence-corrected chi connectivity index (χ2v) is 6.17. The zero-order chi connectivity index (χ0) is 19.2. The quantitative estimate of drug-likeness (QED) is 0.811. The van der Waals surface area contributed by atoms with Crippen LogP contribution in [0.4, 0.5) is 22.2 Å². The molecule has 8 nitrogen and oxygen atoms in total. The monoisotopic (exact) mass is 369 g/mol. The van der Waals surface area contributed by atoms with Crippen LogP contribution in [0.5, 0.6) is 0 Å². The molecule has 1 aromatic carbocycles. The van der Waals surface area contributed by atoms with E-state index in [0.717, 1.165) is 11.5 Å². The van der Waals surface area contributed by atoms with Gasteiger partial charge >= 0.3 is 6.09 Å². The Hall–Kier alpha value is -3.16. The highest BCUT2D eigenvalue weighted by Gasteiger charge is 2.22. The van der Waals surface area contributed by atoms with Gasteiger partial charge in [-0.3, -0.25) is 4.79 Å². The number of carbonyl (C=O) groups excluding carboxylic acids is 2. The lowest BCUT2D eigenvalue weighted by Crippen LogP contribution is -2.49. The van der Waals surface area contributed by atoms with Crippen LogP contribution in [-0.2, 0) is 4.74 Å². The molecule has 1 saturated heterocycles. The van der Waals surface area contributed by atoms with Crippen LogP contribution in [-0.4, -0.2) is 59.5 Å². The number of hydrogen-bond donors (Lipinski definition) is 1. The van der Waals surface area contributed by atoms with Gasteiger partial charge in [-0.1, -0.05) is 12.1 Å². The topological polar surface area (TPSA) is 87.7 Å². The smallest absolute Gasteiger partial charge is 0.409 e. The van der Waals surface area contributed by atoms with E-state index in [2.05, 4.69) is 20.2 Å². The third-order valence-electron chi connectivity index (χ3n) is 4.30. The van der Waals surface area contributed by atoms with Crippen LogP contribution in [0.2, 0.25) is 0 Å². The lowest BCUT2D eigenvalue weighted by Gasteiger charge is -2.34. The Morgan fingerprint density at radius 2 is 1.96 bits per heavy atom. The summed E-state index contributed by atoms with van der Waals surface area (Å²) in [4.78, 5) is 35.9. The molecule has 27 heavy (non-hydrogen) atoms. The van der Waals surface area contributed by atoms with E-state index in [4.69, 9.17) is 4.74 Å². The van der Waals surface area contributed by atoms with E-state index < -0.39 is 0 Å². The molecule has 1 N–H and O–H groups in total. The Balaban J connectivity index is 1.65. The Kier molecular flexibility index (Phi) is 5.85. The number of Topliss-reactive ketones (excluding diaryl/α,β-unsaturated/α-hetero) is 1. The standard InChI is InChI=1S/C19H23N5O3/c1-3-27-19(26)24-11-9-23(10-12-24)17-7-8-20-18(22-17)21-16-6-4-5-15(13-16)14(2)25/h4-8,13H,3,9-12H2,1-2H3,(H,20,21,22). The summed E-state index contributed by atoms with van der Waals surface area (Å²) >= 11 is 0. The van der Waals surface area contributed by atoms with E-state index >= 15 is 0 Å². The van der Waals surface area contributed by atoms with Crippen molar-refractivity contribution in [2.75, 3.05) is 43.0 Å². The van der Waals surface area contributed by atoms with Gasteiger partial charge in [-0.05, 0) is 32.0 Å². The predicted octanol–water partition coefficient (Wildman–Crippen LogP) is 2.70. The first-order valence-corrected chi connectivity index (χ1v) is 8.94. The summed E-state index contributed by atoms with van der Waals surface area (Å²) in [6.45, 7) is 6.25. The number of hydrogen-bond acceptors (Lipinski definition) is 7. The van der Waals surface area contributed by atoms with Crippen molar-refractivity contribution >= 4 is 29.3 Å². The summed E-state index contributed by atoms with van der Waals surface area (Å²) in [5, 5.41) is 3.14. The van der Waals surface area contributed by atoms with E-state index in [1.165, 1.54) is 6.92 Å². The molecule has 1 aliphatic rings. The van der Waals surface area contributed by atoms with Crippen molar-refractivity contribution in [1.29, 1.82) is 0 Å². The van der Waals surface area contributed by atoms with Crippen LogP contribution in [0.1, 0.15) is 24.2 Å². The molecule has 0 spiro atoms. The summed E-state index contributed by atoms with van der Waals surface area (Å²) in [5.41, 5.74) is 1.39. The van der Waals surface area contributed by atoms with Gasteiger partial charge in [0.15, 0.2) is 5.78 Å². The summed E-state index contributed by atoms with van der Waals surface area (Å²) in [6, 6.07) is 9.07. The number of ketones is 1. The average molecular weight is 369 g/mol. The first-order chi connectivity index (χ1) is 13.1. The minimum Gasteiger partial charge on any atom is -0.450 e. The van der Waals surface area contributed by atoms with Crippen LogP contribution in [0.3, 0.4) is 0 Å². The first kappa shape index (κ1) is 18.6. The largest absolute Gasteiger partial charge is 0.450 e. The SMILES string of the molecule is CCOC(=O)N1CCN(c2ccnc(Nc3cccc(C(C)=O)c3)n2)CC1. The van der Waals surface area contributed by atoms with Crippen LogP contribution in [0, 0.1) is 0 Å². The Bertz CT molecular complexity index is 818. The number of nitrogens with one attached hydrogen (secondary N) is 1. The van der Waals surface area contributed by atoms with Crippen LogP contribution >= 0.6 is 0 Å². The molecule has 1 fully saturated rings. The van der Waals surface area contributed by atoms with Crippen LogP contribution in [0.15, 0.2) is 36.5 Å². The zero-order valence-corrected chi connectivity index (χ0v) is 15.5. The van der Waals surface area contributed by atoms with Crippen LogP contribution < -0.4 is 10.2 Å². The van der Waals surface area contributed by atoms with E-state index in [1.807, 2.05) is 18.2 Å². The molecule has 1 aromatic heterocycles. The molecule has 2 heterocycles. The van der Waals surface area contributed by atoms with Gasteiger partial charge in [0.25, 0.3) is 0 Å². The van der Waals surface area contributed by atoms with Crippen molar-refractivity contribution in [1.82, 2.24) is 14.9 Å². The number of anilines is 3. The molecule has 142 valence electrons. The Labute approximate surface area is 158 Å². The number of aromatic nitrogens is 2. The van der Waals surface area contributed by atoms with Gasteiger partial charge in [-0.2, -0.15) is 4.98 Å². The molecule has 0 bridgehead atoms. The van der Waals surface area contributed by atoms with Gasteiger partial charge in [-0.25, -0.2) is 9.78 Å². The summed E-state index contributed by atoms with van der Waals surface area (Å²) in [6.07, 6.45) is 1.42. The Morgan fingerprint density at radius 1 is 1.19 bits per heavy atom. The van der Waals surface area contributed by atoms with Gasteiger partial charge in [-0.15, -0.1) is 0 Å². The second-order valence-electron chi connectivity index (χ2n) is 6.17. The predicted molar refractivity (Wildman–Crippen MR) is 103 cm³/mol. The van der Waals surface area contributed by atoms with Gasteiger partial charge < -0.3 is 19.9 Å². The van der Waals surface area contributed by atoms with E-state index in [-0.39, 0.29) is 11.9 Å². The molecule has 0 atom stereocenters. The zero-order valence-electron chi connectivity index (χ0n) is 15.5. The van der Waals surface area contributed by atoms with E-state index in [9.17, 15) is 9.59 Å². The molecule has 0 aliphatic carbocycles. The Morgan fingerprint density at radius 3 is 2.67 bits per heavy atom. The maximum atomic E-state index is 11.8. The third kappa shape index (κ3) is 4.72. The van der Waals surface area contributed by atoms with E-state index in [0.29, 0.717) is 44.3 Å². The van der Waals surface area contributed by atoms with Gasteiger partial charge in [0.1, 0.15) is 5.82 Å². The molecular formula is C19H23N5O3. The summed E-state index contributed by atoms with van der Waals surface area (Å²) in [7, 11) is 0. The van der Waals surface area contributed by atoms with Crippen molar-refractivity contribution < 1.29 is 14.3 Å². The summed E-state index contributed by atoms with van der Waals surface area (Å²) in [5.74, 6) is 1.26. The average Bonchev–Trinajstić information content (AvgIpc) is 2.69. The first-order valence-electron chi connectivity index (χ1n) is 8.94. The number of nitrogens with zero attached hydrogens (tertiary/aromatic N) is 4. The molecule has 0 radical (unpaired) electrons. The fourth-order valence-corrected chi connectivity index (χ4v) is 2.86. The van der Waals surface area contributed by atoms with Crippen molar-refractivity contribution in [2.45, 2.75) is 13.8 Å². The number of rotatable bonds is 5. The molecule has 0 saturated carbocycles. The van der Waals surface area contributed by atoms with Gasteiger partial charge in [0.05, 0.1) is 6.61 Å². The molecule has 0 unspecified atom stereocenters. The van der Waals surface area contributed by atoms with Crippen molar-refractivity contribution in [2.24, 2.45) is 0 Å². The highest BCUT2D eigenvalue weighted by Crippen LogP contribution is 2.19. The normalized spacial score (nSPS) is 14.0. The summed E-state index contributed by atoms with van der Waals surface area (Å²) < 4.78 is 5.04. The number of carbonyl (C=O) groups is 2. The van der Waals surface area contributed by atoms with E-state index in [1.54, 1.807) is 30.2 Å². The maximum Gasteiger partial charge on any atom is 0.409 e. The molecule has 3 rings (SSSR count). The molecule has 1 amide bonds. The highest BCUT2D eigenvalue weighted by atomic mass is 16.6. The molecular weight excluding hydrogens is 346 g/mol. The highest BCUT2D eigenvalue weighted by molar-refractivity contribution is 5.95. The lowest BCUT2D eigenvalue weighted by atomic mass is 10.1. The fraction of sp³-hybridized carbons (Fsp3) is 0.368. The van der Waals surface area contributed by atoms with Gasteiger partial charge in [0.2, 0.25) is 5.95 Å². The minimum absolute atomic E-state index is 0.00721. The minimum atomic E-state index is -0.271. The number of piperazine rings is 1. The second kappa shape index (κ2) is 8.48. The number of amides is 1. The van der Waals surface area contributed by atoms with Gasteiger partial charge in [0, 0.05) is 43.6 Å². The number of ether oxygens (including phenoxy) is 1. The molecule has 1 aliphatic heterocycles.